The van der Waals surface area contributed by atoms with E-state index >= 15 is 0 Å². The Labute approximate surface area is 204 Å². The van der Waals surface area contributed by atoms with Crippen LogP contribution in [0.5, 0.6) is 0 Å². The number of ketones is 2. The minimum Gasteiger partial charge on any atom is -0.451 e. The summed E-state index contributed by atoms with van der Waals surface area (Å²) in [6, 6.07) is 17.1. The number of anilines is 1. The van der Waals surface area contributed by atoms with E-state index < -0.39 is 42.1 Å². The number of imide groups is 1. The van der Waals surface area contributed by atoms with Crippen LogP contribution >= 0.6 is 0 Å². The first-order valence-electron chi connectivity index (χ1n) is 11.0. The van der Waals surface area contributed by atoms with Gasteiger partial charge in [-0.05, 0) is 25.1 Å². The highest BCUT2D eigenvalue weighted by Crippen LogP contribution is 2.32. The molecule has 2 aliphatic rings. The van der Waals surface area contributed by atoms with E-state index in [9.17, 15) is 28.8 Å². The van der Waals surface area contributed by atoms with Gasteiger partial charge in [-0.3, -0.25) is 33.7 Å². The fourth-order valence-electron chi connectivity index (χ4n) is 4.28. The zero-order valence-corrected chi connectivity index (χ0v) is 18.9. The Bertz CT molecular complexity index is 1470. The van der Waals surface area contributed by atoms with Crippen LogP contribution in [0.1, 0.15) is 59.5 Å². The van der Waals surface area contributed by atoms with Crippen LogP contribution in [0.25, 0.3) is 0 Å². The van der Waals surface area contributed by atoms with E-state index in [2.05, 4.69) is 5.32 Å². The highest BCUT2D eigenvalue weighted by Gasteiger charge is 2.37. The van der Waals surface area contributed by atoms with Gasteiger partial charge in [-0.25, -0.2) is 0 Å². The molecule has 0 saturated heterocycles. The van der Waals surface area contributed by atoms with Crippen molar-refractivity contribution in [3.63, 3.8) is 0 Å². The average Bonchev–Trinajstić information content (AvgIpc) is 3.12. The second-order valence-corrected chi connectivity index (χ2v) is 8.30. The van der Waals surface area contributed by atoms with E-state index in [0.717, 1.165) is 4.90 Å². The van der Waals surface area contributed by atoms with Crippen molar-refractivity contribution in [3.8, 4) is 0 Å². The first kappa shape index (κ1) is 22.9. The molecule has 3 amide bonds. The second kappa shape index (κ2) is 8.70. The summed E-state index contributed by atoms with van der Waals surface area (Å²) >= 11 is 0. The molecule has 9 heteroatoms. The predicted octanol–water partition coefficient (Wildman–Crippen LogP) is 2.63. The van der Waals surface area contributed by atoms with Crippen LogP contribution in [-0.4, -0.2) is 52.8 Å². The Kier molecular flexibility index (Phi) is 5.52. The predicted molar refractivity (Wildman–Crippen MR) is 126 cm³/mol. The van der Waals surface area contributed by atoms with Crippen LogP contribution in [-0.2, 0) is 14.3 Å². The zero-order valence-electron chi connectivity index (χ0n) is 18.9. The second-order valence-electron chi connectivity index (χ2n) is 8.30. The van der Waals surface area contributed by atoms with Crippen LogP contribution in [0.15, 0.2) is 66.7 Å². The summed E-state index contributed by atoms with van der Waals surface area (Å²) in [4.78, 5) is 76.8. The summed E-state index contributed by atoms with van der Waals surface area (Å²) in [5.41, 5.74) is 1.22. The van der Waals surface area contributed by atoms with Gasteiger partial charge in [-0.1, -0.05) is 48.5 Å². The molecule has 1 heterocycles. The molecule has 178 valence electrons. The molecular weight excluding hydrogens is 464 g/mol. The minimum atomic E-state index is -1.31. The van der Waals surface area contributed by atoms with Crippen molar-refractivity contribution in [3.05, 3.63) is 100 Å². The molecule has 0 saturated carbocycles. The van der Waals surface area contributed by atoms with E-state index in [1.165, 1.54) is 37.3 Å². The molecular formula is C27H18N2O7. The maximum absolute atomic E-state index is 13.1. The lowest BCUT2D eigenvalue weighted by Gasteiger charge is -2.21. The molecule has 1 unspecified atom stereocenters. The fourth-order valence-corrected chi connectivity index (χ4v) is 4.28. The lowest BCUT2D eigenvalue weighted by Crippen LogP contribution is -2.38. The number of benzene rings is 3. The van der Waals surface area contributed by atoms with Crippen LogP contribution in [0, 0.1) is 0 Å². The summed E-state index contributed by atoms with van der Waals surface area (Å²) in [5.74, 6) is -3.70. The van der Waals surface area contributed by atoms with Gasteiger partial charge >= 0.3 is 5.97 Å². The summed E-state index contributed by atoms with van der Waals surface area (Å²) in [7, 11) is 0. The number of nitrogens with zero attached hydrogens (tertiary/aromatic N) is 1. The van der Waals surface area contributed by atoms with Crippen LogP contribution in [0.2, 0.25) is 0 Å². The molecule has 9 nitrogen and oxygen atoms in total. The van der Waals surface area contributed by atoms with E-state index in [0.29, 0.717) is 0 Å². The van der Waals surface area contributed by atoms with Crippen molar-refractivity contribution in [2.24, 2.45) is 0 Å². The smallest absolute Gasteiger partial charge is 0.326 e. The minimum absolute atomic E-state index is 0.0547. The maximum atomic E-state index is 13.1. The van der Waals surface area contributed by atoms with E-state index in [-0.39, 0.29) is 44.9 Å². The molecule has 1 aliphatic carbocycles. The number of esters is 1. The van der Waals surface area contributed by atoms with Gasteiger partial charge in [0, 0.05) is 16.7 Å². The third-order valence-electron chi connectivity index (χ3n) is 6.05. The summed E-state index contributed by atoms with van der Waals surface area (Å²) in [6.45, 7) is 0.655. The molecule has 3 aromatic rings. The van der Waals surface area contributed by atoms with Crippen molar-refractivity contribution < 1.29 is 33.5 Å². The normalized spacial score (nSPS) is 14.6. The number of amides is 3. The lowest BCUT2D eigenvalue weighted by molar-refractivity contribution is -0.153. The number of carbonyl (C=O) groups is 6. The van der Waals surface area contributed by atoms with Gasteiger partial charge in [-0.2, -0.15) is 0 Å². The molecule has 0 spiro atoms. The Morgan fingerprint density at radius 3 is 1.89 bits per heavy atom. The molecule has 1 aliphatic heterocycles. The van der Waals surface area contributed by atoms with Gasteiger partial charge in [0.25, 0.3) is 17.7 Å². The Balaban J connectivity index is 1.28. The molecule has 0 bridgehead atoms. The number of ether oxygens (including phenoxy) is 1. The molecule has 0 aromatic heterocycles. The maximum Gasteiger partial charge on any atom is 0.326 e. The molecule has 36 heavy (non-hydrogen) atoms. The standard InChI is InChI=1S/C27H18N2O7/c1-14(36-21(30)13-29-26(34)17-9-4-5-10-18(17)27(29)35)25(33)28-20-12-6-11-19-22(20)24(32)16-8-3-2-7-15(16)23(19)31/h2-12,14H,13H2,1H3,(H,28,33). The van der Waals surface area contributed by atoms with Crippen molar-refractivity contribution in [1.29, 1.82) is 0 Å². The third-order valence-corrected chi connectivity index (χ3v) is 6.05. The van der Waals surface area contributed by atoms with Crippen molar-refractivity contribution >= 4 is 40.9 Å². The average molecular weight is 482 g/mol. The molecule has 3 aromatic carbocycles. The van der Waals surface area contributed by atoms with Gasteiger partial charge in [0.15, 0.2) is 17.7 Å². The van der Waals surface area contributed by atoms with E-state index in [4.69, 9.17) is 4.74 Å². The number of hydrogen-bond acceptors (Lipinski definition) is 7. The van der Waals surface area contributed by atoms with Gasteiger partial charge in [0.05, 0.1) is 22.4 Å². The largest absolute Gasteiger partial charge is 0.451 e. The van der Waals surface area contributed by atoms with E-state index in [1.807, 2.05) is 0 Å². The first-order chi connectivity index (χ1) is 17.3. The van der Waals surface area contributed by atoms with Gasteiger partial charge < -0.3 is 10.1 Å². The van der Waals surface area contributed by atoms with Crippen LogP contribution in [0.3, 0.4) is 0 Å². The fraction of sp³-hybridized carbons (Fsp3) is 0.111. The molecule has 0 fully saturated rings. The highest BCUT2D eigenvalue weighted by molar-refractivity contribution is 6.30. The van der Waals surface area contributed by atoms with Gasteiger partial charge in [0.2, 0.25) is 0 Å². The summed E-state index contributed by atoms with van der Waals surface area (Å²) in [5, 5.41) is 2.55. The van der Waals surface area contributed by atoms with E-state index in [1.54, 1.807) is 36.4 Å². The highest BCUT2D eigenvalue weighted by atomic mass is 16.5. The lowest BCUT2D eigenvalue weighted by atomic mass is 9.83. The zero-order chi connectivity index (χ0) is 25.6. The molecule has 1 atom stereocenters. The van der Waals surface area contributed by atoms with Gasteiger partial charge in [-0.15, -0.1) is 0 Å². The number of fused-ring (bicyclic) bond motifs is 3. The number of carbonyl (C=O) groups excluding carboxylic acids is 6. The van der Waals surface area contributed by atoms with Crippen molar-refractivity contribution in [2.75, 3.05) is 11.9 Å². The topological polar surface area (TPSA) is 127 Å². The van der Waals surface area contributed by atoms with Gasteiger partial charge in [0.1, 0.15) is 6.54 Å². The molecule has 1 N–H and O–H groups in total. The quantitative estimate of drug-likeness (QED) is 0.342. The van der Waals surface area contributed by atoms with Crippen LogP contribution < -0.4 is 5.32 Å². The molecule has 5 rings (SSSR count). The SMILES string of the molecule is CC(OC(=O)CN1C(=O)c2ccccc2C1=O)C(=O)Nc1cccc2c1C(=O)c1ccccc1C2=O. The Morgan fingerprint density at radius 2 is 1.28 bits per heavy atom. The van der Waals surface area contributed by atoms with Crippen molar-refractivity contribution in [1.82, 2.24) is 4.90 Å². The Morgan fingerprint density at radius 1 is 0.750 bits per heavy atom. The molecule has 0 radical (unpaired) electrons. The van der Waals surface area contributed by atoms with Crippen LogP contribution in [0.4, 0.5) is 5.69 Å². The number of nitrogens with one attached hydrogen (secondary N) is 1. The third kappa shape index (κ3) is 3.67. The number of rotatable bonds is 5. The van der Waals surface area contributed by atoms with Crippen molar-refractivity contribution in [2.45, 2.75) is 13.0 Å². The summed E-state index contributed by atoms with van der Waals surface area (Å²) in [6.07, 6.45) is -1.31. The summed E-state index contributed by atoms with van der Waals surface area (Å²) < 4.78 is 5.14. The monoisotopic (exact) mass is 482 g/mol. The Hall–Kier alpha value is -4.92. The number of hydrogen-bond donors (Lipinski definition) is 1. The first-order valence-corrected chi connectivity index (χ1v) is 11.0.